The third-order valence-corrected chi connectivity index (χ3v) is 5.30. The number of fused-ring (bicyclic) bond motifs is 1. The molecule has 134 valence electrons. The minimum atomic E-state index is -0.381. The summed E-state index contributed by atoms with van der Waals surface area (Å²) in [5.74, 6) is 0.182. The average molecular weight is 369 g/mol. The first kappa shape index (κ1) is 18.0. The Balaban J connectivity index is 1.76. The predicted octanol–water partition coefficient (Wildman–Crippen LogP) is 3.33. The quantitative estimate of drug-likeness (QED) is 0.714. The van der Waals surface area contributed by atoms with Crippen molar-refractivity contribution < 1.29 is 14.3 Å². The van der Waals surface area contributed by atoms with Gasteiger partial charge in [-0.3, -0.25) is 4.79 Å². The monoisotopic (exact) mass is 369 g/mol. The summed E-state index contributed by atoms with van der Waals surface area (Å²) in [6.07, 6.45) is 0. The molecule has 26 heavy (non-hydrogen) atoms. The van der Waals surface area contributed by atoms with Crippen LogP contribution in [0, 0.1) is 20.8 Å². The molecule has 1 aromatic carbocycles. The van der Waals surface area contributed by atoms with Crippen molar-refractivity contribution in [2.75, 3.05) is 7.11 Å². The highest BCUT2D eigenvalue weighted by molar-refractivity contribution is 7.20. The number of aromatic nitrogens is 2. The van der Waals surface area contributed by atoms with E-state index in [1.807, 2.05) is 20.8 Å². The highest BCUT2D eigenvalue weighted by Gasteiger charge is 2.18. The minimum absolute atomic E-state index is 0.139. The molecule has 0 fully saturated rings. The molecule has 1 N–H and O–H groups in total. The van der Waals surface area contributed by atoms with Crippen molar-refractivity contribution in [3.05, 3.63) is 57.4 Å². The molecule has 2 heterocycles. The van der Waals surface area contributed by atoms with Gasteiger partial charge in [-0.2, -0.15) is 0 Å². The molecule has 0 radical (unpaired) electrons. The van der Waals surface area contributed by atoms with Crippen LogP contribution in [-0.2, 0) is 11.3 Å². The number of nitrogens with zero attached hydrogens (tertiary/aromatic N) is 2. The van der Waals surface area contributed by atoms with Crippen LogP contribution in [0.5, 0.6) is 0 Å². The lowest BCUT2D eigenvalue weighted by molar-refractivity contribution is 0.0600. The number of methoxy groups -OCH3 is 1. The number of carbonyl (C=O) groups excluding carboxylic acids is 2. The van der Waals surface area contributed by atoms with Crippen molar-refractivity contribution in [2.45, 2.75) is 27.3 Å². The average Bonchev–Trinajstić information content (AvgIpc) is 2.96. The zero-order valence-corrected chi connectivity index (χ0v) is 15.9. The van der Waals surface area contributed by atoms with Crippen molar-refractivity contribution in [1.82, 2.24) is 15.3 Å². The lowest BCUT2D eigenvalue weighted by Gasteiger charge is -2.06. The van der Waals surface area contributed by atoms with Crippen LogP contribution in [-0.4, -0.2) is 29.0 Å². The Hall–Kier alpha value is -2.80. The maximum absolute atomic E-state index is 12.6. The molecule has 0 saturated carbocycles. The lowest BCUT2D eigenvalue weighted by Crippen LogP contribution is -2.22. The number of esters is 1. The predicted molar refractivity (Wildman–Crippen MR) is 101 cm³/mol. The summed E-state index contributed by atoms with van der Waals surface area (Å²) in [6.45, 7) is 6.07. The second kappa shape index (κ2) is 7.21. The van der Waals surface area contributed by atoms with Crippen LogP contribution in [0.4, 0.5) is 0 Å². The van der Waals surface area contributed by atoms with Crippen LogP contribution in [0.25, 0.3) is 10.2 Å². The highest BCUT2D eigenvalue weighted by atomic mass is 32.1. The Bertz CT molecular complexity index is 993. The molecule has 1 amide bonds. The van der Waals surface area contributed by atoms with Gasteiger partial charge in [-0.15, -0.1) is 11.3 Å². The van der Waals surface area contributed by atoms with Crippen LogP contribution in [0.1, 0.15) is 42.7 Å². The largest absolute Gasteiger partial charge is 0.465 e. The summed E-state index contributed by atoms with van der Waals surface area (Å²) in [5, 5.41) is 3.87. The van der Waals surface area contributed by atoms with Gasteiger partial charge >= 0.3 is 5.97 Å². The summed E-state index contributed by atoms with van der Waals surface area (Å²) >= 11 is 1.38. The summed E-state index contributed by atoms with van der Waals surface area (Å²) < 4.78 is 4.67. The molecule has 3 rings (SSSR count). The lowest BCUT2D eigenvalue weighted by atomic mass is 10.1. The molecule has 6 nitrogen and oxygen atoms in total. The number of hydrogen-bond donors (Lipinski definition) is 1. The fourth-order valence-corrected chi connectivity index (χ4v) is 4.02. The van der Waals surface area contributed by atoms with Gasteiger partial charge in [0.15, 0.2) is 0 Å². The Labute approximate surface area is 155 Å². The van der Waals surface area contributed by atoms with Crippen molar-refractivity contribution >= 4 is 33.4 Å². The number of rotatable bonds is 4. The third-order valence-electron chi connectivity index (χ3n) is 4.12. The second-order valence-electron chi connectivity index (χ2n) is 5.96. The summed E-state index contributed by atoms with van der Waals surface area (Å²) in [7, 11) is 1.34. The molecule has 3 aromatic rings. The van der Waals surface area contributed by atoms with Crippen LogP contribution in [0.3, 0.4) is 0 Å². The summed E-state index contributed by atoms with van der Waals surface area (Å²) in [4.78, 5) is 34.4. The molecule has 2 aromatic heterocycles. The highest BCUT2D eigenvalue weighted by Crippen LogP contribution is 2.31. The Morgan fingerprint density at radius 2 is 1.81 bits per heavy atom. The number of ether oxygens (including phenoxy) is 1. The summed E-state index contributed by atoms with van der Waals surface area (Å²) in [5.41, 5.74) is 3.17. The maximum atomic E-state index is 12.6. The van der Waals surface area contributed by atoms with E-state index in [-0.39, 0.29) is 11.9 Å². The molecule has 0 bridgehead atoms. The van der Waals surface area contributed by atoms with Crippen LogP contribution in [0.2, 0.25) is 0 Å². The molecule has 0 aliphatic rings. The van der Waals surface area contributed by atoms with Crippen molar-refractivity contribution in [1.29, 1.82) is 0 Å². The molecule has 0 atom stereocenters. The second-order valence-corrected chi connectivity index (χ2v) is 6.96. The van der Waals surface area contributed by atoms with Gasteiger partial charge in [0.1, 0.15) is 10.7 Å². The van der Waals surface area contributed by atoms with E-state index < -0.39 is 0 Å². The van der Waals surface area contributed by atoms with E-state index in [0.717, 1.165) is 27.0 Å². The van der Waals surface area contributed by atoms with Gasteiger partial charge in [-0.25, -0.2) is 14.8 Å². The molecule has 0 spiro atoms. The van der Waals surface area contributed by atoms with Gasteiger partial charge < -0.3 is 10.1 Å². The van der Waals surface area contributed by atoms with Crippen LogP contribution >= 0.6 is 11.3 Å². The Morgan fingerprint density at radius 1 is 1.12 bits per heavy atom. The number of aryl methyl sites for hydroxylation is 3. The summed E-state index contributed by atoms with van der Waals surface area (Å²) in [6, 6.07) is 6.95. The number of amides is 1. The van der Waals surface area contributed by atoms with Gasteiger partial charge in [0.2, 0.25) is 0 Å². The molecule has 7 heteroatoms. The van der Waals surface area contributed by atoms with E-state index in [4.69, 9.17) is 0 Å². The Kier molecular flexibility index (Phi) is 4.99. The van der Waals surface area contributed by atoms with Crippen molar-refractivity contribution in [3.8, 4) is 0 Å². The number of hydrogen-bond acceptors (Lipinski definition) is 6. The molecular weight excluding hydrogens is 350 g/mol. The molecule has 0 unspecified atom stereocenters. The smallest absolute Gasteiger partial charge is 0.337 e. The Morgan fingerprint density at radius 3 is 2.46 bits per heavy atom. The number of carbonyl (C=O) groups is 2. The molecule has 0 aliphatic heterocycles. The van der Waals surface area contributed by atoms with Gasteiger partial charge in [0.25, 0.3) is 5.91 Å². The first-order valence-electron chi connectivity index (χ1n) is 8.10. The van der Waals surface area contributed by atoms with Gasteiger partial charge in [0, 0.05) is 17.6 Å². The van der Waals surface area contributed by atoms with E-state index in [1.165, 1.54) is 18.4 Å². The van der Waals surface area contributed by atoms with E-state index in [2.05, 4.69) is 20.0 Å². The third kappa shape index (κ3) is 3.43. The fraction of sp³-hybridized carbons (Fsp3) is 0.263. The first-order chi connectivity index (χ1) is 12.4. The normalized spacial score (nSPS) is 10.8. The van der Waals surface area contributed by atoms with Crippen LogP contribution in [0.15, 0.2) is 24.3 Å². The SMILES string of the molecule is COC(=O)c1ccc(CNC(=O)c2sc3nc(C)nc(C)c3c2C)cc1. The standard InChI is InChI=1S/C19H19N3O3S/c1-10-15-11(2)21-12(3)22-18(15)26-16(10)17(23)20-9-13-5-7-14(8-6-13)19(24)25-4/h5-8H,9H2,1-4H3,(H,20,23). The number of nitrogens with one attached hydrogen (secondary N) is 1. The molecular formula is C19H19N3O3S. The zero-order valence-electron chi connectivity index (χ0n) is 15.0. The van der Waals surface area contributed by atoms with Crippen molar-refractivity contribution in [2.24, 2.45) is 0 Å². The minimum Gasteiger partial charge on any atom is -0.465 e. The maximum Gasteiger partial charge on any atom is 0.337 e. The van der Waals surface area contributed by atoms with Gasteiger partial charge in [0.05, 0.1) is 17.6 Å². The van der Waals surface area contributed by atoms with Gasteiger partial charge in [-0.05, 0) is 44.0 Å². The van der Waals surface area contributed by atoms with E-state index in [1.54, 1.807) is 24.3 Å². The first-order valence-corrected chi connectivity index (χ1v) is 8.92. The topological polar surface area (TPSA) is 81.2 Å². The van der Waals surface area contributed by atoms with E-state index >= 15 is 0 Å². The molecule has 0 aliphatic carbocycles. The zero-order chi connectivity index (χ0) is 18.8. The number of benzene rings is 1. The fourth-order valence-electron chi connectivity index (χ4n) is 2.83. The van der Waals surface area contributed by atoms with Crippen molar-refractivity contribution in [3.63, 3.8) is 0 Å². The van der Waals surface area contributed by atoms with Gasteiger partial charge in [-0.1, -0.05) is 12.1 Å². The van der Waals surface area contributed by atoms with E-state index in [0.29, 0.717) is 22.8 Å². The number of thiophene rings is 1. The molecule has 0 saturated heterocycles. The van der Waals surface area contributed by atoms with E-state index in [9.17, 15) is 9.59 Å². The van der Waals surface area contributed by atoms with Crippen LogP contribution < -0.4 is 5.32 Å².